The van der Waals surface area contributed by atoms with Crippen molar-refractivity contribution in [2.75, 3.05) is 0 Å². The first-order chi connectivity index (χ1) is 6.65. The first-order valence-corrected chi connectivity index (χ1v) is 5.16. The molecule has 0 N–H and O–H groups in total. The molecule has 0 saturated heterocycles. The molecule has 3 nitrogen and oxygen atoms in total. The molecule has 0 radical (unpaired) electrons. The van der Waals surface area contributed by atoms with Gasteiger partial charge in [0, 0.05) is 25.6 Å². The van der Waals surface area contributed by atoms with E-state index >= 15 is 0 Å². The van der Waals surface area contributed by atoms with Crippen LogP contribution in [0.5, 0.6) is 0 Å². The number of aryl methyl sites for hydroxylation is 2. The molecule has 1 heterocycles. The highest BCUT2D eigenvalue weighted by molar-refractivity contribution is 5.80. The number of carbonyl (C=O) groups excluding carboxylic acids is 1. The van der Waals surface area contributed by atoms with E-state index in [0.29, 0.717) is 11.7 Å². The van der Waals surface area contributed by atoms with Gasteiger partial charge in [0.25, 0.3) is 0 Å². The number of aromatic nitrogens is 2. The van der Waals surface area contributed by atoms with Crippen molar-refractivity contribution in [3.8, 4) is 0 Å². The van der Waals surface area contributed by atoms with E-state index in [2.05, 4.69) is 11.2 Å². The standard InChI is InChI=1S/C11H16N2O/c1-8-5-10(13(2)12-8)6-9-3-4-11(14)7-9/h5,9H,3-4,6-7H2,1-2H3. The van der Waals surface area contributed by atoms with Gasteiger partial charge in [0.2, 0.25) is 0 Å². The van der Waals surface area contributed by atoms with E-state index in [1.165, 1.54) is 5.69 Å². The molecule has 0 aliphatic heterocycles. The van der Waals surface area contributed by atoms with Gasteiger partial charge in [-0.15, -0.1) is 0 Å². The molecule has 76 valence electrons. The van der Waals surface area contributed by atoms with Gasteiger partial charge in [0.15, 0.2) is 0 Å². The van der Waals surface area contributed by atoms with Gasteiger partial charge in [0.1, 0.15) is 5.78 Å². The van der Waals surface area contributed by atoms with Crippen molar-refractivity contribution in [3.05, 3.63) is 17.5 Å². The SMILES string of the molecule is Cc1cc(CC2CCC(=O)C2)n(C)n1. The minimum Gasteiger partial charge on any atom is -0.300 e. The number of Topliss-reactive ketones (excluding diaryl/α,β-unsaturated/α-hetero) is 1. The quantitative estimate of drug-likeness (QED) is 0.714. The lowest BCUT2D eigenvalue weighted by Crippen LogP contribution is -2.05. The van der Waals surface area contributed by atoms with E-state index in [-0.39, 0.29) is 0 Å². The third kappa shape index (κ3) is 1.86. The fourth-order valence-corrected chi connectivity index (χ4v) is 2.22. The Hall–Kier alpha value is -1.12. The molecule has 1 aromatic rings. The van der Waals surface area contributed by atoms with E-state index in [1.54, 1.807) is 0 Å². The Morgan fingerprint density at radius 3 is 2.93 bits per heavy atom. The van der Waals surface area contributed by atoms with Crippen LogP contribution in [0.1, 0.15) is 30.7 Å². The smallest absolute Gasteiger partial charge is 0.133 e. The van der Waals surface area contributed by atoms with E-state index in [0.717, 1.165) is 31.4 Å². The largest absolute Gasteiger partial charge is 0.300 e. The van der Waals surface area contributed by atoms with Crippen LogP contribution in [0.15, 0.2) is 6.07 Å². The van der Waals surface area contributed by atoms with Gasteiger partial charge in [0.05, 0.1) is 5.69 Å². The normalized spacial score (nSPS) is 21.9. The number of hydrogen-bond donors (Lipinski definition) is 0. The van der Waals surface area contributed by atoms with Gasteiger partial charge in [-0.3, -0.25) is 9.48 Å². The lowest BCUT2D eigenvalue weighted by molar-refractivity contribution is -0.117. The van der Waals surface area contributed by atoms with Crippen molar-refractivity contribution >= 4 is 5.78 Å². The molecule has 0 bridgehead atoms. The molecular weight excluding hydrogens is 176 g/mol. The number of nitrogens with zero attached hydrogens (tertiary/aromatic N) is 2. The maximum atomic E-state index is 11.1. The van der Waals surface area contributed by atoms with E-state index in [9.17, 15) is 4.79 Å². The second kappa shape index (κ2) is 3.56. The Labute approximate surface area is 84.1 Å². The van der Waals surface area contributed by atoms with Crippen LogP contribution >= 0.6 is 0 Å². The van der Waals surface area contributed by atoms with Crippen LogP contribution in [0.4, 0.5) is 0 Å². The van der Waals surface area contributed by atoms with Gasteiger partial charge in [-0.05, 0) is 31.7 Å². The topological polar surface area (TPSA) is 34.9 Å². The van der Waals surface area contributed by atoms with Crippen LogP contribution in [-0.2, 0) is 18.3 Å². The summed E-state index contributed by atoms with van der Waals surface area (Å²) in [5.74, 6) is 0.978. The molecule has 1 aromatic heterocycles. The van der Waals surface area contributed by atoms with Gasteiger partial charge < -0.3 is 0 Å². The Bertz CT molecular complexity index is 354. The minimum atomic E-state index is 0.425. The average Bonchev–Trinajstić information content (AvgIpc) is 2.61. The maximum absolute atomic E-state index is 11.1. The summed E-state index contributed by atoms with van der Waals surface area (Å²) in [6.45, 7) is 2.00. The first kappa shape index (κ1) is 9.44. The Kier molecular flexibility index (Phi) is 2.40. The molecular formula is C11H16N2O. The predicted molar refractivity (Wildman–Crippen MR) is 54.0 cm³/mol. The third-order valence-electron chi connectivity index (χ3n) is 2.94. The minimum absolute atomic E-state index is 0.425. The molecule has 1 saturated carbocycles. The fourth-order valence-electron chi connectivity index (χ4n) is 2.22. The number of carbonyl (C=O) groups is 1. The van der Waals surface area contributed by atoms with Crippen molar-refractivity contribution in [2.45, 2.75) is 32.6 Å². The Morgan fingerprint density at radius 2 is 2.43 bits per heavy atom. The highest BCUT2D eigenvalue weighted by atomic mass is 16.1. The van der Waals surface area contributed by atoms with Crippen LogP contribution in [0.3, 0.4) is 0 Å². The molecule has 3 heteroatoms. The average molecular weight is 192 g/mol. The van der Waals surface area contributed by atoms with Crippen LogP contribution in [0.2, 0.25) is 0 Å². The highest BCUT2D eigenvalue weighted by Gasteiger charge is 2.23. The fraction of sp³-hybridized carbons (Fsp3) is 0.636. The van der Waals surface area contributed by atoms with E-state index in [4.69, 9.17) is 0 Å². The summed E-state index contributed by atoms with van der Waals surface area (Å²) in [4.78, 5) is 11.1. The number of hydrogen-bond acceptors (Lipinski definition) is 2. The Balaban J connectivity index is 2.04. The van der Waals surface area contributed by atoms with Crippen molar-refractivity contribution in [2.24, 2.45) is 13.0 Å². The summed E-state index contributed by atoms with van der Waals surface area (Å²) in [6, 6.07) is 2.11. The lowest BCUT2D eigenvalue weighted by Gasteiger charge is -2.07. The van der Waals surface area contributed by atoms with Gasteiger partial charge in [-0.25, -0.2) is 0 Å². The molecule has 1 unspecified atom stereocenters. The van der Waals surface area contributed by atoms with Crippen LogP contribution in [0, 0.1) is 12.8 Å². The van der Waals surface area contributed by atoms with Gasteiger partial charge in [-0.1, -0.05) is 0 Å². The summed E-state index contributed by atoms with van der Waals surface area (Å²) in [6.07, 6.45) is 3.61. The zero-order valence-electron chi connectivity index (χ0n) is 8.79. The van der Waals surface area contributed by atoms with Crippen LogP contribution in [-0.4, -0.2) is 15.6 Å². The maximum Gasteiger partial charge on any atom is 0.133 e. The summed E-state index contributed by atoms with van der Waals surface area (Å²) in [5.41, 5.74) is 2.31. The molecule has 1 aliphatic carbocycles. The summed E-state index contributed by atoms with van der Waals surface area (Å²) in [5, 5.41) is 4.30. The van der Waals surface area contributed by atoms with Gasteiger partial charge in [-0.2, -0.15) is 5.10 Å². The molecule has 1 atom stereocenters. The predicted octanol–water partition coefficient (Wildman–Crippen LogP) is 1.64. The van der Waals surface area contributed by atoms with E-state index < -0.39 is 0 Å². The summed E-state index contributed by atoms with van der Waals surface area (Å²) >= 11 is 0. The summed E-state index contributed by atoms with van der Waals surface area (Å²) in [7, 11) is 1.97. The Morgan fingerprint density at radius 1 is 1.64 bits per heavy atom. The number of ketones is 1. The molecule has 1 aliphatic rings. The van der Waals surface area contributed by atoms with Crippen molar-refractivity contribution in [1.82, 2.24) is 9.78 Å². The monoisotopic (exact) mass is 192 g/mol. The second-order valence-corrected chi connectivity index (χ2v) is 4.25. The second-order valence-electron chi connectivity index (χ2n) is 4.25. The molecule has 1 fully saturated rings. The highest BCUT2D eigenvalue weighted by Crippen LogP contribution is 2.25. The molecule has 0 amide bonds. The van der Waals surface area contributed by atoms with E-state index in [1.807, 2.05) is 18.7 Å². The van der Waals surface area contributed by atoms with Crippen molar-refractivity contribution in [3.63, 3.8) is 0 Å². The molecule has 2 rings (SSSR count). The summed E-state index contributed by atoms with van der Waals surface area (Å²) < 4.78 is 1.93. The molecule has 0 spiro atoms. The van der Waals surface area contributed by atoms with Crippen LogP contribution in [0.25, 0.3) is 0 Å². The number of rotatable bonds is 2. The zero-order chi connectivity index (χ0) is 10.1. The zero-order valence-corrected chi connectivity index (χ0v) is 8.79. The van der Waals surface area contributed by atoms with Crippen LogP contribution < -0.4 is 0 Å². The molecule has 14 heavy (non-hydrogen) atoms. The van der Waals surface area contributed by atoms with Crippen molar-refractivity contribution in [1.29, 1.82) is 0 Å². The lowest BCUT2D eigenvalue weighted by atomic mass is 10.0. The third-order valence-corrected chi connectivity index (χ3v) is 2.94. The molecule has 0 aromatic carbocycles. The first-order valence-electron chi connectivity index (χ1n) is 5.16. The van der Waals surface area contributed by atoms with Crippen molar-refractivity contribution < 1.29 is 4.79 Å². The van der Waals surface area contributed by atoms with Gasteiger partial charge >= 0.3 is 0 Å².